The van der Waals surface area contributed by atoms with Crippen LogP contribution in [0.4, 0.5) is 5.69 Å². The summed E-state index contributed by atoms with van der Waals surface area (Å²) >= 11 is -2.07. The summed E-state index contributed by atoms with van der Waals surface area (Å²) in [7, 11) is 1.34. The largest absolute Gasteiger partial charge is 0.760 e. The van der Waals surface area contributed by atoms with E-state index in [0.717, 1.165) is 5.69 Å². The molecule has 0 saturated carbocycles. The molecule has 0 aliphatic heterocycles. The van der Waals surface area contributed by atoms with Gasteiger partial charge in [-0.15, -0.1) is 0 Å². The average molecular weight is 187 g/mol. The van der Waals surface area contributed by atoms with E-state index in [-0.39, 0.29) is 0 Å². The summed E-state index contributed by atoms with van der Waals surface area (Å²) < 4.78 is 20.5. The van der Waals surface area contributed by atoms with Crippen LogP contribution in [0.15, 0.2) is 30.3 Å². The first-order valence-corrected chi connectivity index (χ1v) is 4.31. The van der Waals surface area contributed by atoms with Gasteiger partial charge in [0.15, 0.2) is 0 Å². The number of benzene rings is 1. The maximum atomic E-state index is 9.26. The molecule has 3 N–H and O–H groups in total. The van der Waals surface area contributed by atoms with Crippen molar-refractivity contribution in [3.05, 3.63) is 30.3 Å². The maximum Gasteiger partial charge on any atom is 0.0313 e. The van der Waals surface area contributed by atoms with Crippen molar-refractivity contribution in [3.8, 4) is 0 Å². The van der Waals surface area contributed by atoms with E-state index in [9.17, 15) is 8.76 Å². The van der Waals surface area contributed by atoms with Gasteiger partial charge in [0.1, 0.15) is 0 Å². The minimum atomic E-state index is -2.07. The number of hydrogen-bond acceptors (Lipinski definition) is 3. The molecule has 0 aromatic heterocycles. The van der Waals surface area contributed by atoms with Crippen LogP contribution in [0.5, 0.6) is 0 Å². The molecule has 0 radical (unpaired) electrons. The van der Waals surface area contributed by atoms with Crippen LogP contribution in [-0.2, 0) is 11.3 Å². The lowest BCUT2D eigenvalue weighted by atomic mass is 10.3. The predicted octanol–water partition coefficient (Wildman–Crippen LogP) is 0.269. The highest BCUT2D eigenvalue weighted by Crippen LogP contribution is 1.95. The molecular formula is C7H11N2O2S-. The van der Waals surface area contributed by atoms with Gasteiger partial charge in [0.2, 0.25) is 0 Å². The molecule has 0 bridgehead atoms. The van der Waals surface area contributed by atoms with Crippen LogP contribution in [0.2, 0.25) is 0 Å². The summed E-state index contributed by atoms with van der Waals surface area (Å²) in [6, 6.07) is 9.49. The number of rotatable bonds is 1. The molecule has 1 unspecified atom stereocenters. The van der Waals surface area contributed by atoms with Gasteiger partial charge in [-0.1, -0.05) is 18.2 Å². The minimum Gasteiger partial charge on any atom is -0.760 e. The molecule has 1 atom stereocenters. The third-order valence-corrected chi connectivity index (χ3v) is 1.30. The van der Waals surface area contributed by atoms with Crippen LogP contribution in [0.1, 0.15) is 0 Å². The quantitative estimate of drug-likeness (QED) is 0.489. The summed E-state index contributed by atoms with van der Waals surface area (Å²) in [5, 5.41) is 0. The van der Waals surface area contributed by atoms with E-state index in [0.29, 0.717) is 0 Å². The Morgan fingerprint density at radius 3 is 2.00 bits per heavy atom. The predicted molar refractivity (Wildman–Crippen MR) is 48.8 cm³/mol. The molecule has 0 fully saturated rings. The molecule has 0 heterocycles. The van der Waals surface area contributed by atoms with Crippen molar-refractivity contribution in [2.45, 2.75) is 0 Å². The summed E-state index contributed by atoms with van der Waals surface area (Å²) in [4.78, 5) is 0. The SMILES string of the molecule is CNS(=O)[O-].Nc1ccccc1. The number of nitrogens with two attached hydrogens (primary N) is 1. The molecule has 1 aromatic carbocycles. The van der Waals surface area contributed by atoms with Crippen molar-refractivity contribution in [1.29, 1.82) is 0 Å². The van der Waals surface area contributed by atoms with Crippen molar-refractivity contribution < 1.29 is 8.76 Å². The van der Waals surface area contributed by atoms with Gasteiger partial charge < -0.3 is 10.3 Å². The Bertz CT molecular complexity index is 228. The topological polar surface area (TPSA) is 78.2 Å². The molecule has 0 amide bonds. The van der Waals surface area contributed by atoms with E-state index >= 15 is 0 Å². The first-order chi connectivity index (χ1) is 5.66. The molecule has 1 aromatic rings. The van der Waals surface area contributed by atoms with Gasteiger partial charge >= 0.3 is 0 Å². The Morgan fingerprint density at radius 1 is 1.42 bits per heavy atom. The van der Waals surface area contributed by atoms with E-state index in [2.05, 4.69) is 0 Å². The highest BCUT2D eigenvalue weighted by molar-refractivity contribution is 7.77. The summed E-state index contributed by atoms with van der Waals surface area (Å²) in [6.07, 6.45) is 0. The van der Waals surface area contributed by atoms with Gasteiger partial charge in [0, 0.05) is 17.0 Å². The molecule has 68 valence electrons. The summed E-state index contributed by atoms with van der Waals surface area (Å²) in [6.45, 7) is 0. The lowest BCUT2D eigenvalue weighted by Gasteiger charge is -1.95. The number of anilines is 1. The standard InChI is InChI=1S/C6H7N.CH5NO2S/c7-6-4-2-1-3-5-6;1-2-5(3)4/h1-5H,7H2;2H,1H3,(H,3,4)/p-1. The Morgan fingerprint density at radius 2 is 1.83 bits per heavy atom. The molecule has 4 nitrogen and oxygen atoms in total. The minimum absolute atomic E-state index is 0.822. The van der Waals surface area contributed by atoms with Crippen LogP contribution >= 0.6 is 0 Å². The Hall–Kier alpha value is -0.910. The number of hydrogen-bond donors (Lipinski definition) is 2. The molecular weight excluding hydrogens is 176 g/mol. The Labute approximate surface area is 74.2 Å². The van der Waals surface area contributed by atoms with Gasteiger partial charge in [-0.05, 0) is 19.2 Å². The van der Waals surface area contributed by atoms with E-state index in [1.54, 1.807) is 0 Å². The second kappa shape index (κ2) is 6.78. The molecule has 0 aliphatic carbocycles. The third-order valence-electron chi connectivity index (χ3n) is 0.966. The van der Waals surface area contributed by atoms with Crippen molar-refractivity contribution in [2.75, 3.05) is 12.8 Å². The van der Waals surface area contributed by atoms with Gasteiger partial charge in [0.25, 0.3) is 0 Å². The average Bonchev–Trinajstić information content (AvgIpc) is 2.07. The van der Waals surface area contributed by atoms with Crippen LogP contribution in [-0.4, -0.2) is 15.8 Å². The second-order valence-electron chi connectivity index (χ2n) is 1.85. The van der Waals surface area contributed by atoms with E-state index in [1.165, 1.54) is 7.05 Å². The van der Waals surface area contributed by atoms with Crippen molar-refractivity contribution in [2.24, 2.45) is 0 Å². The number of nitrogens with one attached hydrogen (secondary N) is 1. The Balaban J connectivity index is 0.000000217. The highest BCUT2D eigenvalue weighted by Gasteiger charge is 1.72. The zero-order valence-electron chi connectivity index (χ0n) is 6.69. The molecule has 1 rings (SSSR count). The van der Waals surface area contributed by atoms with E-state index in [4.69, 9.17) is 5.73 Å². The van der Waals surface area contributed by atoms with Crippen molar-refractivity contribution in [1.82, 2.24) is 4.72 Å². The lowest BCUT2D eigenvalue weighted by Crippen LogP contribution is -2.07. The van der Waals surface area contributed by atoms with Gasteiger partial charge in [0.05, 0.1) is 0 Å². The van der Waals surface area contributed by atoms with Crippen LogP contribution in [0, 0.1) is 0 Å². The fourth-order valence-electron chi connectivity index (χ4n) is 0.453. The number of nitrogen functional groups attached to an aromatic ring is 1. The maximum absolute atomic E-state index is 9.26. The highest BCUT2D eigenvalue weighted by atomic mass is 32.2. The molecule has 12 heavy (non-hydrogen) atoms. The van der Waals surface area contributed by atoms with Crippen LogP contribution < -0.4 is 10.5 Å². The Kier molecular flexibility index (Phi) is 6.26. The van der Waals surface area contributed by atoms with Gasteiger partial charge in [-0.3, -0.25) is 8.93 Å². The first-order valence-electron chi connectivity index (χ1n) is 3.24. The van der Waals surface area contributed by atoms with Crippen molar-refractivity contribution in [3.63, 3.8) is 0 Å². The summed E-state index contributed by atoms with van der Waals surface area (Å²) in [5.74, 6) is 0. The summed E-state index contributed by atoms with van der Waals surface area (Å²) in [5.41, 5.74) is 6.18. The smallest absolute Gasteiger partial charge is 0.0313 e. The monoisotopic (exact) mass is 187 g/mol. The number of para-hydroxylation sites is 1. The first kappa shape index (κ1) is 11.1. The zero-order chi connectivity index (χ0) is 9.40. The molecule has 0 saturated heterocycles. The normalized spacial score (nSPS) is 11.2. The third kappa shape index (κ3) is 7.20. The second-order valence-corrected chi connectivity index (χ2v) is 2.73. The fraction of sp³-hybridized carbons (Fsp3) is 0.143. The van der Waals surface area contributed by atoms with Gasteiger partial charge in [-0.2, -0.15) is 0 Å². The zero-order valence-corrected chi connectivity index (χ0v) is 7.51. The molecule has 0 aliphatic rings. The van der Waals surface area contributed by atoms with Crippen molar-refractivity contribution >= 4 is 17.0 Å². The molecule has 5 heteroatoms. The van der Waals surface area contributed by atoms with Crippen LogP contribution in [0.3, 0.4) is 0 Å². The van der Waals surface area contributed by atoms with Crippen LogP contribution in [0.25, 0.3) is 0 Å². The fourth-order valence-corrected chi connectivity index (χ4v) is 0.453. The lowest BCUT2D eigenvalue weighted by molar-refractivity contribution is 0.529. The van der Waals surface area contributed by atoms with Gasteiger partial charge in [-0.25, -0.2) is 0 Å². The molecule has 0 spiro atoms. The van der Waals surface area contributed by atoms with E-state index < -0.39 is 11.3 Å². The van der Waals surface area contributed by atoms with E-state index in [1.807, 2.05) is 35.1 Å².